The highest BCUT2D eigenvalue weighted by Gasteiger charge is 2.29. The van der Waals surface area contributed by atoms with Gasteiger partial charge in [0.25, 0.3) is 5.91 Å². The average molecular weight is 338 g/mol. The second-order valence-electron chi connectivity index (χ2n) is 4.98. The maximum atomic E-state index is 12.5. The molecule has 128 valence electrons. The number of nitrogens with one attached hydrogen (secondary N) is 1. The number of anilines is 2. The Morgan fingerprint density at radius 1 is 1.04 bits per heavy atom. The highest BCUT2D eigenvalue weighted by Crippen LogP contribution is 2.30. The number of halogens is 3. The molecule has 2 rings (SSSR count). The molecule has 0 saturated carbocycles. The molecule has 0 aliphatic rings. The fourth-order valence-corrected chi connectivity index (χ4v) is 2.08. The Morgan fingerprint density at radius 3 is 2.12 bits per heavy atom. The van der Waals surface area contributed by atoms with Crippen LogP contribution in [-0.2, 0) is 6.18 Å². The summed E-state index contributed by atoms with van der Waals surface area (Å²) in [5.41, 5.74) is -0.0592. The first-order valence-electron chi connectivity index (χ1n) is 7.42. The third-order valence-corrected chi connectivity index (χ3v) is 3.42. The van der Waals surface area contributed by atoms with E-state index in [1.54, 1.807) is 11.0 Å². The van der Waals surface area contributed by atoms with E-state index >= 15 is 0 Å². The SMILES string of the molecule is CCN(CC)C(=O)c1ccc(Nc2ccc(C(F)(F)F)cc2)nn1. The minimum Gasteiger partial charge on any atom is -0.339 e. The Kier molecular flexibility index (Phi) is 5.38. The van der Waals surface area contributed by atoms with Gasteiger partial charge in [0.1, 0.15) is 0 Å². The molecule has 1 N–H and O–H groups in total. The molecule has 0 atom stereocenters. The molecule has 0 aliphatic carbocycles. The molecule has 5 nitrogen and oxygen atoms in total. The largest absolute Gasteiger partial charge is 0.416 e. The van der Waals surface area contributed by atoms with Crippen LogP contribution in [0.3, 0.4) is 0 Å². The van der Waals surface area contributed by atoms with Crippen LogP contribution in [0.15, 0.2) is 36.4 Å². The number of rotatable bonds is 5. The van der Waals surface area contributed by atoms with Gasteiger partial charge in [0.15, 0.2) is 11.5 Å². The van der Waals surface area contributed by atoms with Crippen molar-refractivity contribution in [1.29, 1.82) is 0 Å². The van der Waals surface area contributed by atoms with Gasteiger partial charge in [-0.2, -0.15) is 13.2 Å². The zero-order chi connectivity index (χ0) is 17.7. The van der Waals surface area contributed by atoms with E-state index in [4.69, 9.17) is 0 Å². The lowest BCUT2D eigenvalue weighted by molar-refractivity contribution is -0.137. The number of carbonyl (C=O) groups excluding carboxylic acids is 1. The third kappa shape index (κ3) is 4.21. The van der Waals surface area contributed by atoms with Gasteiger partial charge in [0.05, 0.1) is 5.56 Å². The van der Waals surface area contributed by atoms with Crippen LogP contribution in [0.1, 0.15) is 29.9 Å². The van der Waals surface area contributed by atoms with E-state index in [1.165, 1.54) is 18.2 Å². The Balaban J connectivity index is 2.08. The van der Waals surface area contributed by atoms with E-state index in [1.807, 2.05) is 13.8 Å². The highest BCUT2D eigenvalue weighted by atomic mass is 19.4. The molecule has 0 aliphatic heterocycles. The summed E-state index contributed by atoms with van der Waals surface area (Å²) in [6, 6.07) is 7.66. The lowest BCUT2D eigenvalue weighted by Gasteiger charge is -2.17. The second-order valence-corrected chi connectivity index (χ2v) is 4.98. The van der Waals surface area contributed by atoms with Crippen molar-refractivity contribution < 1.29 is 18.0 Å². The van der Waals surface area contributed by atoms with Crippen LogP contribution >= 0.6 is 0 Å². The van der Waals surface area contributed by atoms with Gasteiger partial charge in [-0.15, -0.1) is 10.2 Å². The van der Waals surface area contributed by atoms with Crippen LogP contribution < -0.4 is 5.32 Å². The topological polar surface area (TPSA) is 58.1 Å². The van der Waals surface area contributed by atoms with Gasteiger partial charge in [-0.05, 0) is 50.2 Å². The second kappa shape index (κ2) is 7.29. The number of hydrogen-bond acceptors (Lipinski definition) is 4. The molecular weight excluding hydrogens is 321 g/mol. The number of hydrogen-bond donors (Lipinski definition) is 1. The van der Waals surface area contributed by atoms with Gasteiger partial charge in [0, 0.05) is 18.8 Å². The smallest absolute Gasteiger partial charge is 0.339 e. The first-order chi connectivity index (χ1) is 11.3. The first-order valence-corrected chi connectivity index (χ1v) is 7.42. The molecule has 1 aromatic heterocycles. The molecule has 0 spiro atoms. The number of carbonyl (C=O) groups is 1. The van der Waals surface area contributed by atoms with E-state index in [9.17, 15) is 18.0 Å². The first kappa shape index (κ1) is 17.7. The van der Waals surface area contributed by atoms with Gasteiger partial charge >= 0.3 is 6.18 Å². The molecule has 1 amide bonds. The Hall–Kier alpha value is -2.64. The van der Waals surface area contributed by atoms with Crippen molar-refractivity contribution in [2.24, 2.45) is 0 Å². The molecule has 1 heterocycles. The van der Waals surface area contributed by atoms with E-state index < -0.39 is 11.7 Å². The standard InChI is InChI=1S/C16H17F3N4O/c1-3-23(4-2)15(24)13-9-10-14(22-21-13)20-12-7-5-11(6-8-12)16(17,18)19/h5-10H,3-4H2,1-2H3,(H,20,22). The van der Waals surface area contributed by atoms with E-state index in [-0.39, 0.29) is 11.6 Å². The average Bonchev–Trinajstić information content (AvgIpc) is 2.56. The summed E-state index contributed by atoms with van der Waals surface area (Å²) in [5.74, 6) is 0.124. The van der Waals surface area contributed by atoms with Crippen LogP contribution in [0, 0.1) is 0 Å². The van der Waals surface area contributed by atoms with E-state index in [2.05, 4.69) is 15.5 Å². The van der Waals surface area contributed by atoms with Crippen LogP contribution in [0.4, 0.5) is 24.7 Å². The van der Waals surface area contributed by atoms with Crippen LogP contribution in [-0.4, -0.2) is 34.1 Å². The van der Waals surface area contributed by atoms with Gasteiger partial charge in [-0.3, -0.25) is 4.79 Å². The number of nitrogens with zero attached hydrogens (tertiary/aromatic N) is 3. The molecule has 2 aromatic rings. The van der Waals surface area contributed by atoms with E-state index in [0.717, 1.165) is 12.1 Å². The zero-order valence-electron chi connectivity index (χ0n) is 13.3. The number of benzene rings is 1. The summed E-state index contributed by atoms with van der Waals surface area (Å²) in [5, 5.41) is 10.6. The van der Waals surface area contributed by atoms with Crippen molar-refractivity contribution in [3.05, 3.63) is 47.7 Å². The summed E-state index contributed by atoms with van der Waals surface area (Å²) in [7, 11) is 0. The summed E-state index contributed by atoms with van der Waals surface area (Å²) < 4.78 is 37.5. The third-order valence-electron chi connectivity index (χ3n) is 3.42. The van der Waals surface area contributed by atoms with Gasteiger partial charge in [0.2, 0.25) is 0 Å². The molecule has 24 heavy (non-hydrogen) atoms. The van der Waals surface area contributed by atoms with Crippen LogP contribution in [0.2, 0.25) is 0 Å². The van der Waals surface area contributed by atoms with Crippen molar-refractivity contribution in [3.8, 4) is 0 Å². The number of alkyl halides is 3. The lowest BCUT2D eigenvalue weighted by Crippen LogP contribution is -2.31. The Labute approximate surface area is 137 Å². The van der Waals surface area contributed by atoms with Crippen LogP contribution in [0.25, 0.3) is 0 Å². The van der Waals surface area contributed by atoms with Crippen molar-refractivity contribution in [2.75, 3.05) is 18.4 Å². The van der Waals surface area contributed by atoms with E-state index in [0.29, 0.717) is 24.6 Å². The van der Waals surface area contributed by atoms with Crippen molar-refractivity contribution in [1.82, 2.24) is 15.1 Å². The maximum absolute atomic E-state index is 12.5. The fraction of sp³-hybridized carbons (Fsp3) is 0.312. The van der Waals surface area contributed by atoms with Crippen molar-refractivity contribution >= 4 is 17.4 Å². The van der Waals surface area contributed by atoms with Gasteiger partial charge < -0.3 is 10.2 Å². The van der Waals surface area contributed by atoms with Crippen molar-refractivity contribution in [3.63, 3.8) is 0 Å². The minimum absolute atomic E-state index is 0.214. The summed E-state index contributed by atoms with van der Waals surface area (Å²) in [4.78, 5) is 13.7. The summed E-state index contributed by atoms with van der Waals surface area (Å²) in [6.45, 7) is 4.88. The predicted octanol–water partition coefficient (Wildman–Crippen LogP) is 3.72. The van der Waals surface area contributed by atoms with Crippen molar-refractivity contribution in [2.45, 2.75) is 20.0 Å². The fourth-order valence-electron chi connectivity index (χ4n) is 2.08. The quantitative estimate of drug-likeness (QED) is 0.903. The minimum atomic E-state index is -4.37. The Morgan fingerprint density at radius 2 is 1.67 bits per heavy atom. The zero-order valence-corrected chi connectivity index (χ0v) is 13.3. The van der Waals surface area contributed by atoms with Gasteiger partial charge in [-0.25, -0.2) is 0 Å². The Bertz CT molecular complexity index is 680. The molecule has 0 fully saturated rings. The predicted molar refractivity (Wildman–Crippen MR) is 84.0 cm³/mol. The number of aromatic nitrogens is 2. The molecule has 0 radical (unpaired) electrons. The van der Waals surface area contributed by atoms with Gasteiger partial charge in [-0.1, -0.05) is 0 Å². The molecule has 8 heteroatoms. The van der Waals surface area contributed by atoms with Crippen LogP contribution in [0.5, 0.6) is 0 Å². The molecule has 1 aromatic carbocycles. The summed E-state index contributed by atoms with van der Waals surface area (Å²) in [6.07, 6.45) is -4.37. The molecule has 0 bridgehead atoms. The molecule has 0 unspecified atom stereocenters. The highest BCUT2D eigenvalue weighted by molar-refractivity contribution is 5.92. The summed E-state index contributed by atoms with van der Waals surface area (Å²) >= 11 is 0. The number of amides is 1. The normalized spacial score (nSPS) is 11.2. The monoisotopic (exact) mass is 338 g/mol. The lowest BCUT2D eigenvalue weighted by atomic mass is 10.2. The molecule has 0 saturated heterocycles. The maximum Gasteiger partial charge on any atom is 0.416 e. The molecular formula is C16H17F3N4O.